The van der Waals surface area contributed by atoms with Crippen LogP contribution >= 0.6 is 11.3 Å². The lowest BCUT2D eigenvalue weighted by Crippen LogP contribution is -2.46. The first-order valence-corrected chi connectivity index (χ1v) is 8.73. The number of hydrogen-bond acceptors (Lipinski definition) is 5. The zero-order chi connectivity index (χ0) is 15.1. The molecule has 0 aromatic carbocycles. The van der Waals surface area contributed by atoms with Crippen LogP contribution in [-0.2, 0) is 19.4 Å². The number of allylic oxidation sites excluding steroid dienone is 1. The zero-order valence-electron chi connectivity index (χ0n) is 12.6. The minimum Gasteiger partial charge on any atom is -0.340 e. The number of aryl methyl sites for hydroxylation is 2. The number of thiophene rings is 1. The molecule has 0 amide bonds. The third-order valence-corrected chi connectivity index (χ3v) is 5.70. The second kappa shape index (κ2) is 5.52. The smallest absolute Gasteiger partial charge is 0.264 e. The highest BCUT2D eigenvalue weighted by Crippen LogP contribution is 2.35. The third kappa shape index (κ3) is 2.09. The van der Waals surface area contributed by atoms with E-state index >= 15 is 0 Å². The standard InChI is InChI=1S/C16H20N4OS/c1-2-8-20-15(21)13-11-4-3-5-12(11)22-14(13)18-16(20)19-9-6-17-7-10-19/h2,17H,1,3-10H2. The van der Waals surface area contributed by atoms with Gasteiger partial charge in [-0.25, -0.2) is 4.98 Å². The number of rotatable bonds is 3. The average Bonchev–Trinajstić information content (AvgIpc) is 3.11. The van der Waals surface area contributed by atoms with Crippen LogP contribution in [0.5, 0.6) is 0 Å². The van der Waals surface area contributed by atoms with Crippen LogP contribution in [0.25, 0.3) is 10.2 Å². The zero-order valence-corrected chi connectivity index (χ0v) is 13.4. The largest absolute Gasteiger partial charge is 0.340 e. The number of anilines is 1. The van der Waals surface area contributed by atoms with Crippen LogP contribution < -0.4 is 15.8 Å². The number of nitrogens with zero attached hydrogens (tertiary/aromatic N) is 3. The molecule has 1 saturated heterocycles. The summed E-state index contributed by atoms with van der Waals surface area (Å²) in [7, 11) is 0. The van der Waals surface area contributed by atoms with Gasteiger partial charge in [-0.05, 0) is 24.8 Å². The molecule has 1 fully saturated rings. The van der Waals surface area contributed by atoms with E-state index in [1.807, 2.05) is 0 Å². The van der Waals surface area contributed by atoms with Crippen LogP contribution in [0, 0.1) is 0 Å². The Morgan fingerprint density at radius 3 is 2.91 bits per heavy atom. The van der Waals surface area contributed by atoms with E-state index < -0.39 is 0 Å². The van der Waals surface area contributed by atoms with Gasteiger partial charge in [0.1, 0.15) is 4.83 Å². The van der Waals surface area contributed by atoms with Gasteiger partial charge in [-0.15, -0.1) is 17.9 Å². The summed E-state index contributed by atoms with van der Waals surface area (Å²) in [5, 5.41) is 4.20. The second-order valence-electron chi connectivity index (χ2n) is 5.89. The molecule has 0 atom stereocenters. The summed E-state index contributed by atoms with van der Waals surface area (Å²) in [5.74, 6) is 0.804. The molecule has 0 radical (unpaired) electrons. The first-order valence-electron chi connectivity index (χ1n) is 7.91. The van der Waals surface area contributed by atoms with Crippen LogP contribution in [-0.4, -0.2) is 35.7 Å². The van der Waals surface area contributed by atoms with E-state index in [9.17, 15) is 4.79 Å². The fourth-order valence-electron chi connectivity index (χ4n) is 3.47. The molecule has 2 aromatic heterocycles. The molecule has 1 aliphatic heterocycles. The van der Waals surface area contributed by atoms with Crippen molar-refractivity contribution in [3.05, 3.63) is 33.4 Å². The molecule has 0 unspecified atom stereocenters. The topological polar surface area (TPSA) is 50.2 Å². The molecule has 0 bridgehead atoms. The molecule has 116 valence electrons. The lowest BCUT2D eigenvalue weighted by Gasteiger charge is -2.30. The van der Waals surface area contributed by atoms with Gasteiger partial charge in [0.15, 0.2) is 0 Å². The van der Waals surface area contributed by atoms with Crippen LogP contribution in [0.1, 0.15) is 16.9 Å². The average molecular weight is 316 g/mol. The molecule has 2 aliphatic rings. The maximum absolute atomic E-state index is 13.0. The minimum absolute atomic E-state index is 0.109. The predicted molar refractivity (Wildman–Crippen MR) is 91.2 cm³/mol. The molecular formula is C16H20N4OS. The summed E-state index contributed by atoms with van der Waals surface area (Å²) in [5.41, 5.74) is 1.36. The van der Waals surface area contributed by atoms with E-state index in [-0.39, 0.29) is 5.56 Å². The molecule has 22 heavy (non-hydrogen) atoms. The Morgan fingerprint density at radius 2 is 2.14 bits per heavy atom. The van der Waals surface area contributed by atoms with Gasteiger partial charge in [0.05, 0.1) is 5.39 Å². The van der Waals surface area contributed by atoms with Crippen molar-refractivity contribution in [2.75, 3.05) is 31.1 Å². The molecule has 0 spiro atoms. The summed E-state index contributed by atoms with van der Waals surface area (Å²) >= 11 is 1.71. The summed E-state index contributed by atoms with van der Waals surface area (Å²) in [6.07, 6.45) is 5.07. The predicted octanol–water partition coefficient (Wildman–Crippen LogP) is 1.54. The van der Waals surface area contributed by atoms with Crippen molar-refractivity contribution >= 4 is 27.5 Å². The minimum atomic E-state index is 0.109. The van der Waals surface area contributed by atoms with Crippen LogP contribution in [0.2, 0.25) is 0 Å². The molecule has 6 heteroatoms. The normalized spacial score (nSPS) is 17.9. The Kier molecular flexibility index (Phi) is 3.50. The maximum Gasteiger partial charge on any atom is 0.264 e. The van der Waals surface area contributed by atoms with Gasteiger partial charge in [0.25, 0.3) is 5.56 Å². The van der Waals surface area contributed by atoms with Crippen molar-refractivity contribution in [3.8, 4) is 0 Å². The van der Waals surface area contributed by atoms with Crippen molar-refractivity contribution in [1.29, 1.82) is 0 Å². The Morgan fingerprint density at radius 1 is 1.32 bits per heavy atom. The lowest BCUT2D eigenvalue weighted by atomic mass is 10.2. The monoisotopic (exact) mass is 316 g/mol. The molecule has 4 rings (SSSR count). The van der Waals surface area contributed by atoms with Gasteiger partial charge >= 0.3 is 0 Å². The highest BCUT2D eigenvalue weighted by molar-refractivity contribution is 7.18. The summed E-state index contributed by atoms with van der Waals surface area (Å²) in [6, 6.07) is 0. The van der Waals surface area contributed by atoms with E-state index in [1.54, 1.807) is 22.0 Å². The third-order valence-electron chi connectivity index (χ3n) is 4.52. The molecular weight excluding hydrogens is 296 g/mol. The quantitative estimate of drug-likeness (QED) is 0.873. The summed E-state index contributed by atoms with van der Waals surface area (Å²) < 4.78 is 1.80. The second-order valence-corrected chi connectivity index (χ2v) is 6.97. The van der Waals surface area contributed by atoms with E-state index in [4.69, 9.17) is 4.98 Å². The van der Waals surface area contributed by atoms with Crippen molar-refractivity contribution in [3.63, 3.8) is 0 Å². The van der Waals surface area contributed by atoms with Crippen LogP contribution in [0.3, 0.4) is 0 Å². The number of fused-ring (bicyclic) bond motifs is 3. The fourth-order valence-corrected chi connectivity index (χ4v) is 4.71. The first-order chi connectivity index (χ1) is 10.8. The van der Waals surface area contributed by atoms with E-state index in [0.29, 0.717) is 6.54 Å². The number of hydrogen-bond donors (Lipinski definition) is 1. The van der Waals surface area contributed by atoms with Crippen molar-refractivity contribution in [2.24, 2.45) is 0 Å². The van der Waals surface area contributed by atoms with Gasteiger partial charge < -0.3 is 10.2 Å². The summed E-state index contributed by atoms with van der Waals surface area (Å²) in [6.45, 7) is 7.97. The van der Waals surface area contributed by atoms with E-state index in [0.717, 1.165) is 61.6 Å². The molecule has 1 N–H and O–H groups in total. The fraction of sp³-hybridized carbons (Fsp3) is 0.500. The number of aromatic nitrogens is 2. The lowest BCUT2D eigenvalue weighted by molar-refractivity contribution is 0.565. The SMILES string of the molecule is C=CCn1c(N2CCNCC2)nc2sc3c(c2c1=O)CCC3. The van der Waals surface area contributed by atoms with Crippen LogP contribution in [0.15, 0.2) is 17.4 Å². The highest BCUT2D eigenvalue weighted by atomic mass is 32.1. The van der Waals surface area contributed by atoms with E-state index in [1.165, 1.54) is 10.4 Å². The molecule has 0 saturated carbocycles. The highest BCUT2D eigenvalue weighted by Gasteiger charge is 2.25. The van der Waals surface area contributed by atoms with Gasteiger partial charge in [-0.2, -0.15) is 0 Å². The van der Waals surface area contributed by atoms with Crippen molar-refractivity contribution in [2.45, 2.75) is 25.8 Å². The molecule has 5 nitrogen and oxygen atoms in total. The van der Waals surface area contributed by atoms with Gasteiger partial charge in [0.2, 0.25) is 5.95 Å². The Labute approximate surface area is 133 Å². The molecule has 2 aromatic rings. The van der Waals surface area contributed by atoms with Crippen molar-refractivity contribution in [1.82, 2.24) is 14.9 Å². The summed E-state index contributed by atoms with van der Waals surface area (Å²) in [4.78, 5) is 22.4. The number of piperazine rings is 1. The van der Waals surface area contributed by atoms with E-state index in [2.05, 4.69) is 16.8 Å². The van der Waals surface area contributed by atoms with Crippen LogP contribution in [0.4, 0.5) is 5.95 Å². The van der Waals surface area contributed by atoms with Gasteiger partial charge in [-0.3, -0.25) is 9.36 Å². The maximum atomic E-state index is 13.0. The Balaban J connectivity index is 1.93. The number of nitrogens with one attached hydrogen (secondary N) is 1. The first kappa shape index (κ1) is 14.0. The molecule has 1 aliphatic carbocycles. The Bertz CT molecular complexity index is 786. The van der Waals surface area contributed by atoms with Gasteiger partial charge in [-0.1, -0.05) is 6.08 Å². The van der Waals surface area contributed by atoms with Gasteiger partial charge in [0, 0.05) is 37.6 Å². The Hall–Kier alpha value is -1.66. The van der Waals surface area contributed by atoms with Crippen molar-refractivity contribution < 1.29 is 0 Å². The molecule has 3 heterocycles.